The van der Waals surface area contributed by atoms with Crippen LogP contribution in [0, 0.1) is 0 Å². The summed E-state index contributed by atoms with van der Waals surface area (Å²) in [6.07, 6.45) is 1.99. The number of carbonyl (C=O) groups excluding carboxylic acids is 2. The predicted octanol–water partition coefficient (Wildman–Crippen LogP) is 2.16. The van der Waals surface area contributed by atoms with E-state index in [1.54, 1.807) is 32.5 Å². The van der Waals surface area contributed by atoms with Crippen LogP contribution in [0.5, 0.6) is 0 Å². The second kappa shape index (κ2) is 8.30. The minimum atomic E-state index is -0.567. The highest BCUT2D eigenvalue weighted by Gasteiger charge is 2.24. The first-order valence-corrected chi connectivity index (χ1v) is 7.84. The van der Waals surface area contributed by atoms with Gasteiger partial charge in [0.2, 0.25) is 5.91 Å². The number of nitrogens with one attached hydrogen (secondary N) is 2. The summed E-state index contributed by atoms with van der Waals surface area (Å²) >= 11 is 1.63. The zero-order chi connectivity index (χ0) is 15.1. The molecule has 0 aliphatic rings. The van der Waals surface area contributed by atoms with E-state index in [9.17, 15) is 9.59 Å². The third-order valence-electron chi connectivity index (χ3n) is 2.05. The van der Waals surface area contributed by atoms with E-state index < -0.39 is 17.7 Å². The van der Waals surface area contributed by atoms with Crippen LogP contribution in [-0.4, -0.2) is 41.7 Å². The van der Waals surface area contributed by atoms with Gasteiger partial charge in [0, 0.05) is 6.04 Å². The molecule has 2 N–H and O–H groups in total. The highest BCUT2D eigenvalue weighted by atomic mass is 32.2. The normalized spacial score (nSPS) is 13.0. The van der Waals surface area contributed by atoms with Gasteiger partial charge in [-0.15, -0.1) is 0 Å². The molecule has 0 aromatic rings. The lowest BCUT2D eigenvalue weighted by Gasteiger charge is -2.23. The van der Waals surface area contributed by atoms with Gasteiger partial charge >= 0.3 is 6.09 Å². The summed E-state index contributed by atoms with van der Waals surface area (Å²) in [6.45, 7) is 9.14. The maximum atomic E-state index is 12.0. The number of rotatable bonds is 6. The molecule has 0 radical (unpaired) electrons. The number of hydrogen-bond acceptors (Lipinski definition) is 4. The molecule has 0 aliphatic heterocycles. The van der Waals surface area contributed by atoms with Crippen molar-refractivity contribution in [3.63, 3.8) is 0 Å². The van der Waals surface area contributed by atoms with Gasteiger partial charge in [-0.2, -0.15) is 11.8 Å². The summed E-state index contributed by atoms with van der Waals surface area (Å²) in [5.41, 5.74) is -0.567. The Morgan fingerprint density at radius 3 is 2.21 bits per heavy atom. The van der Waals surface area contributed by atoms with E-state index in [1.165, 1.54) is 0 Å². The summed E-state index contributed by atoms with van der Waals surface area (Å²) in [5.74, 6) is 0.626. The third kappa shape index (κ3) is 9.64. The fourth-order valence-corrected chi connectivity index (χ4v) is 1.81. The van der Waals surface area contributed by atoms with E-state index in [2.05, 4.69) is 10.6 Å². The number of ether oxygens (including phenoxy) is 1. The Morgan fingerprint density at radius 1 is 1.21 bits per heavy atom. The van der Waals surface area contributed by atoms with Crippen LogP contribution in [0.25, 0.3) is 0 Å². The quantitative estimate of drug-likeness (QED) is 0.786. The number of thioether (sulfide) groups is 1. The van der Waals surface area contributed by atoms with Crippen LogP contribution in [-0.2, 0) is 9.53 Å². The maximum absolute atomic E-state index is 12.0. The van der Waals surface area contributed by atoms with Crippen LogP contribution in [0.3, 0.4) is 0 Å². The molecule has 5 nitrogen and oxygen atoms in total. The molecule has 0 aromatic heterocycles. The van der Waals surface area contributed by atoms with Gasteiger partial charge in [-0.3, -0.25) is 4.79 Å². The van der Waals surface area contributed by atoms with Gasteiger partial charge < -0.3 is 15.4 Å². The Bertz CT molecular complexity index is 301. The molecule has 0 aromatic carbocycles. The van der Waals surface area contributed by atoms with Crippen LogP contribution < -0.4 is 10.6 Å². The number of amides is 2. The minimum absolute atomic E-state index is 0.0460. The van der Waals surface area contributed by atoms with Crippen LogP contribution in [0.1, 0.15) is 41.0 Å². The molecule has 0 saturated heterocycles. The Labute approximate surface area is 120 Å². The molecule has 1 unspecified atom stereocenters. The summed E-state index contributed by atoms with van der Waals surface area (Å²) in [7, 11) is 0. The zero-order valence-corrected chi connectivity index (χ0v) is 13.5. The molecule has 2 amide bonds. The van der Waals surface area contributed by atoms with Crippen molar-refractivity contribution in [3.05, 3.63) is 0 Å². The van der Waals surface area contributed by atoms with Gasteiger partial charge in [0.05, 0.1) is 0 Å². The molecule has 0 fully saturated rings. The van der Waals surface area contributed by atoms with Crippen molar-refractivity contribution in [2.24, 2.45) is 0 Å². The van der Waals surface area contributed by atoms with Crippen molar-refractivity contribution in [3.8, 4) is 0 Å². The van der Waals surface area contributed by atoms with Crippen molar-refractivity contribution in [2.45, 2.75) is 58.7 Å². The SMILES string of the molecule is CSCCC(NC(=O)OC(C)(C)C)C(=O)NC(C)C. The first-order chi connectivity index (χ1) is 8.65. The van der Waals surface area contributed by atoms with Gasteiger partial charge in [0.1, 0.15) is 11.6 Å². The average Bonchev–Trinajstić information content (AvgIpc) is 2.20. The van der Waals surface area contributed by atoms with Crippen molar-refractivity contribution in [1.29, 1.82) is 0 Å². The van der Waals surface area contributed by atoms with Crippen molar-refractivity contribution in [2.75, 3.05) is 12.0 Å². The van der Waals surface area contributed by atoms with Crippen LogP contribution >= 0.6 is 11.8 Å². The molecule has 0 aliphatic carbocycles. The van der Waals surface area contributed by atoms with E-state index in [1.807, 2.05) is 20.1 Å². The van der Waals surface area contributed by atoms with Crippen LogP contribution in [0.2, 0.25) is 0 Å². The monoisotopic (exact) mass is 290 g/mol. The van der Waals surface area contributed by atoms with Gasteiger partial charge in [0.15, 0.2) is 0 Å². The highest BCUT2D eigenvalue weighted by molar-refractivity contribution is 7.98. The lowest BCUT2D eigenvalue weighted by atomic mass is 10.2. The number of hydrogen-bond donors (Lipinski definition) is 2. The molecule has 112 valence electrons. The number of carbonyl (C=O) groups is 2. The lowest BCUT2D eigenvalue weighted by molar-refractivity contribution is -0.123. The first-order valence-electron chi connectivity index (χ1n) is 6.44. The summed E-state index contributed by atoms with van der Waals surface area (Å²) in [6, 6.07) is -0.505. The second-order valence-electron chi connectivity index (χ2n) is 5.64. The third-order valence-corrected chi connectivity index (χ3v) is 2.69. The zero-order valence-electron chi connectivity index (χ0n) is 12.7. The van der Waals surface area contributed by atoms with Crippen LogP contribution in [0.15, 0.2) is 0 Å². The molecular weight excluding hydrogens is 264 g/mol. The molecule has 0 rings (SSSR count). The van der Waals surface area contributed by atoms with Gasteiger partial charge in [-0.05, 0) is 53.0 Å². The average molecular weight is 290 g/mol. The lowest BCUT2D eigenvalue weighted by Crippen LogP contribution is -2.49. The summed E-state index contributed by atoms with van der Waals surface area (Å²) in [5, 5.41) is 5.43. The Balaban J connectivity index is 4.49. The van der Waals surface area contributed by atoms with E-state index in [0.29, 0.717) is 6.42 Å². The molecule has 0 heterocycles. The molecule has 0 spiro atoms. The molecule has 0 saturated carbocycles. The number of alkyl carbamates (subject to hydrolysis) is 1. The highest BCUT2D eigenvalue weighted by Crippen LogP contribution is 2.08. The smallest absolute Gasteiger partial charge is 0.408 e. The molecule has 0 bridgehead atoms. The molecule has 6 heteroatoms. The van der Waals surface area contributed by atoms with E-state index in [-0.39, 0.29) is 11.9 Å². The fraction of sp³-hybridized carbons (Fsp3) is 0.846. The van der Waals surface area contributed by atoms with Crippen molar-refractivity contribution >= 4 is 23.8 Å². The Morgan fingerprint density at radius 2 is 1.79 bits per heavy atom. The largest absolute Gasteiger partial charge is 0.444 e. The van der Waals surface area contributed by atoms with Crippen molar-refractivity contribution < 1.29 is 14.3 Å². The molecule has 1 atom stereocenters. The van der Waals surface area contributed by atoms with Gasteiger partial charge in [-0.25, -0.2) is 4.79 Å². The molecule has 19 heavy (non-hydrogen) atoms. The first kappa shape index (κ1) is 18.1. The maximum Gasteiger partial charge on any atom is 0.408 e. The fourth-order valence-electron chi connectivity index (χ4n) is 1.34. The predicted molar refractivity (Wildman–Crippen MR) is 79.4 cm³/mol. The van der Waals surface area contributed by atoms with Gasteiger partial charge in [-0.1, -0.05) is 0 Å². The molecular formula is C13H26N2O3S. The summed E-state index contributed by atoms with van der Waals surface area (Å²) in [4.78, 5) is 23.7. The standard InChI is InChI=1S/C13H26N2O3S/c1-9(2)14-11(16)10(7-8-19-6)15-12(17)18-13(3,4)5/h9-10H,7-8H2,1-6H3,(H,14,16)(H,15,17). The Kier molecular flexibility index (Phi) is 7.90. The van der Waals surface area contributed by atoms with E-state index >= 15 is 0 Å². The van der Waals surface area contributed by atoms with E-state index in [0.717, 1.165) is 5.75 Å². The van der Waals surface area contributed by atoms with E-state index in [4.69, 9.17) is 4.74 Å². The summed E-state index contributed by atoms with van der Waals surface area (Å²) < 4.78 is 5.17. The van der Waals surface area contributed by atoms with Crippen LogP contribution in [0.4, 0.5) is 4.79 Å². The Hall–Kier alpha value is -0.910. The second-order valence-corrected chi connectivity index (χ2v) is 6.63. The topological polar surface area (TPSA) is 67.4 Å². The van der Waals surface area contributed by atoms with Gasteiger partial charge in [0.25, 0.3) is 0 Å². The minimum Gasteiger partial charge on any atom is -0.444 e. The van der Waals surface area contributed by atoms with Crippen molar-refractivity contribution in [1.82, 2.24) is 10.6 Å².